The summed E-state index contributed by atoms with van der Waals surface area (Å²) >= 11 is 1.66. The normalized spacial score (nSPS) is 17.9. The SMILES string of the molecule is O=C(O)CCCCC(=O)NCc1cccc(-c2cccc(C3OC(CSc4ccccn4)CC(c4ccc(CO)cc4)O3)c2)c1. The average molecular weight is 627 g/mol. The number of carboxylic acid groups (broad SMARTS) is 1. The van der Waals surface area contributed by atoms with Gasteiger partial charge in [0.2, 0.25) is 5.91 Å². The topological polar surface area (TPSA) is 118 Å². The molecule has 8 nitrogen and oxygen atoms in total. The Bertz CT molecular complexity index is 1550. The molecule has 3 N–H and O–H groups in total. The van der Waals surface area contributed by atoms with Gasteiger partial charge in [-0.1, -0.05) is 66.7 Å². The number of carboxylic acids is 1. The first-order valence-electron chi connectivity index (χ1n) is 15.2. The molecule has 0 saturated carbocycles. The van der Waals surface area contributed by atoms with Crippen LogP contribution >= 0.6 is 11.8 Å². The molecule has 0 aliphatic carbocycles. The van der Waals surface area contributed by atoms with E-state index in [4.69, 9.17) is 14.6 Å². The van der Waals surface area contributed by atoms with Crippen LogP contribution in [0.1, 0.15) is 66.8 Å². The highest BCUT2D eigenvalue weighted by Crippen LogP contribution is 2.40. The van der Waals surface area contributed by atoms with Crippen molar-refractivity contribution in [2.75, 3.05) is 5.75 Å². The molecule has 3 unspecified atom stereocenters. The van der Waals surface area contributed by atoms with E-state index in [1.54, 1.807) is 18.0 Å². The average Bonchev–Trinajstić information content (AvgIpc) is 3.09. The number of hydrogen-bond donors (Lipinski definition) is 3. The van der Waals surface area contributed by atoms with Crippen molar-refractivity contribution in [2.24, 2.45) is 0 Å². The van der Waals surface area contributed by atoms with E-state index < -0.39 is 12.3 Å². The lowest BCUT2D eigenvalue weighted by Gasteiger charge is -2.36. The van der Waals surface area contributed by atoms with Crippen LogP contribution in [0.25, 0.3) is 11.1 Å². The van der Waals surface area contributed by atoms with Crippen LogP contribution in [0.3, 0.4) is 0 Å². The number of nitrogens with one attached hydrogen (secondary N) is 1. The predicted octanol–water partition coefficient (Wildman–Crippen LogP) is 6.84. The van der Waals surface area contributed by atoms with Gasteiger partial charge in [-0.15, -0.1) is 11.8 Å². The molecule has 1 aliphatic rings. The molecule has 9 heteroatoms. The van der Waals surface area contributed by atoms with E-state index in [0.29, 0.717) is 32.2 Å². The van der Waals surface area contributed by atoms with Gasteiger partial charge in [0.25, 0.3) is 0 Å². The zero-order valence-electron chi connectivity index (χ0n) is 25.0. The Morgan fingerprint density at radius 3 is 2.38 bits per heavy atom. The Balaban J connectivity index is 1.28. The van der Waals surface area contributed by atoms with Gasteiger partial charge in [0.15, 0.2) is 6.29 Å². The Morgan fingerprint density at radius 1 is 0.844 bits per heavy atom. The summed E-state index contributed by atoms with van der Waals surface area (Å²) in [6.07, 6.45) is 3.10. The van der Waals surface area contributed by atoms with E-state index in [9.17, 15) is 14.7 Å². The molecule has 2 heterocycles. The highest BCUT2D eigenvalue weighted by Gasteiger charge is 2.32. The van der Waals surface area contributed by atoms with E-state index in [2.05, 4.69) is 22.4 Å². The molecular weight excluding hydrogens is 588 g/mol. The monoisotopic (exact) mass is 626 g/mol. The summed E-state index contributed by atoms with van der Waals surface area (Å²) in [6, 6.07) is 30.0. The summed E-state index contributed by atoms with van der Waals surface area (Å²) in [4.78, 5) is 27.4. The van der Waals surface area contributed by atoms with Gasteiger partial charge >= 0.3 is 5.97 Å². The van der Waals surface area contributed by atoms with Crippen LogP contribution in [0, 0.1) is 0 Å². The molecule has 0 radical (unpaired) electrons. The van der Waals surface area contributed by atoms with Crippen molar-refractivity contribution >= 4 is 23.6 Å². The van der Waals surface area contributed by atoms with E-state index in [1.807, 2.05) is 78.9 Å². The van der Waals surface area contributed by atoms with E-state index >= 15 is 0 Å². The molecule has 5 rings (SSSR count). The molecule has 1 aliphatic heterocycles. The van der Waals surface area contributed by atoms with Gasteiger partial charge < -0.3 is 25.0 Å². The van der Waals surface area contributed by atoms with Crippen molar-refractivity contribution in [3.8, 4) is 11.1 Å². The van der Waals surface area contributed by atoms with Gasteiger partial charge in [-0.3, -0.25) is 9.59 Å². The summed E-state index contributed by atoms with van der Waals surface area (Å²) in [5.74, 6) is -0.198. The molecule has 1 aromatic heterocycles. The molecule has 1 amide bonds. The number of nitrogens with zero attached hydrogens (tertiary/aromatic N) is 1. The molecule has 1 fully saturated rings. The smallest absolute Gasteiger partial charge is 0.303 e. The number of hydrogen-bond acceptors (Lipinski definition) is 7. The van der Waals surface area contributed by atoms with Crippen LogP contribution in [-0.2, 0) is 32.2 Å². The third kappa shape index (κ3) is 9.73. The number of aliphatic hydroxyl groups is 1. The van der Waals surface area contributed by atoms with Crippen LogP contribution in [0.2, 0.25) is 0 Å². The number of thioether (sulfide) groups is 1. The second-order valence-corrected chi connectivity index (χ2v) is 12.1. The number of aromatic nitrogens is 1. The first-order chi connectivity index (χ1) is 22.0. The van der Waals surface area contributed by atoms with Gasteiger partial charge in [0.05, 0.1) is 23.8 Å². The maximum atomic E-state index is 12.2. The van der Waals surface area contributed by atoms with Gasteiger partial charge in [0.1, 0.15) is 0 Å². The van der Waals surface area contributed by atoms with Crippen LogP contribution in [-0.4, -0.2) is 38.9 Å². The zero-order chi connectivity index (χ0) is 31.4. The number of pyridine rings is 1. The molecule has 1 saturated heterocycles. The second kappa shape index (κ2) is 16.3. The number of amides is 1. The fourth-order valence-electron chi connectivity index (χ4n) is 5.21. The van der Waals surface area contributed by atoms with Gasteiger partial charge in [0, 0.05) is 43.3 Å². The second-order valence-electron chi connectivity index (χ2n) is 11.0. The summed E-state index contributed by atoms with van der Waals surface area (Å²) in [6.45, 7) is 0.391. The fourth-order valence-corrected chi connectivity index (χ4v) is 6.09. The molecule has 0 bridgehead atoms. The first kappa shape index (κ1) is 32.4. The largest absolute Gasteiger partial charge is 0.481 e. The minimum Gasteiger partial charge on any atom is -0.481 e. The number of aliphatic hydroxyl groups excluding tert-OH is 1. The van der Waals surface area contributed by atoms with Crippen molar-refractivity contribution in [1.82, 2.24) is 10.3 Å². The van der Waals surface area contributed by atoms with Crippen LogP contribution < -0.4 is 5.32 Å². The number of benzene rings is 3. The maximum absolute atomic E-state index is 12.2. The van der Waals surface area contributed by atoms with Crippen molar-refractivity contribution in [2.45, 2.75) is 68.8 Å². The number of aliphatic carboxylic acids is 1. The third-order valence-corrected chi connectivity index (χ3v) is 8.70. The molecule has 234 valence electrons. The standard InChI is InChI=1S/C36H38N2O6S/c39-23-25-14-16-27(17-15-25)32-21-31(24-45-34-12-3-4-18-37-34)43-36(44-32)30-10-6-9-29(20-30)28-8-5-7-26(19-28)22-38-33(40)11-1-2-13-35(41)42/h3-10,12,14-20,31-32,36,39H,1-2,11,13,21-24H2,(H,38,40)(H,41,42). The van der Waals surface area contributed by atoms with Crippen LogP contribution in [0.15, 0.2) is 102 Å². The molecule has 45 heavy (non-hydrogen) atoms. The Morgan fingerprint density at radius 2 is 1.62 bits per heavy atom. The van der Waals surface area contributed by atoms with Crippen molar-refractivity contribution in [3.05, 3.63) is 119 Å². The van der Waals surface area contributed by atoms with Gasteiger partial charge in [-0.25, -0.2) is 4.98 Å². The first-order valence-corrected chi connectivity index (χ1v) is 16.2. The number of unbranched alkanes of at least 4 members (excludes halogenated alkanes) is 1. The third-order valence-electron chi connectivity index (χ3n) is 7.62. The lowest BCUT2D eigenvalue weighted by molar-refractivity contribution is -0.245. The molecule has 0 spiro atoms. The lowest BCUT2D eigenvalue weighted by Crippen LogP contribution is -2.31. The van der Waals surface area contributed by atoms with Crippen LogP contribution in [0.5, 0.6) is 0 Å². The maximum Gasteiger partial charge on any atom is 0.303 e. The van der Waals surface area contributed by atoms with Gasteiger partial charge in [-0.2, -0.15) is 0 Å². The lowest BCUT2D eigenvalue weighted by atomic mass is 9.99. The molecule has 4 aromatic rings. The summed E-state index contributed by atoms with van der Waals surface area (Å²) < 4.78 is 13.1. The Hall–Kier alpha value is -4.02. The van der Waals surface area contributed by atoms with Crippen LogP contribution in [0.4, 0.5) is 0 Å². The predicted molar refractivity (Wildman–Crippen MR) is 173 cm³/mol. The summed E-state index contributed by atoms with van der Waals surface area (Å²) in [5.41, 5.74) is 5.81. The molecule has 3 atom stereocenters. The highest BCUT2D eigenvalue weighted by atomic mass is 32.2. The minimum atomic E-state index is -0.842. The molecular formula is C36H38N2O6S. The number of carbonyl (C=O) groups is 2. The summed E-state index contributed by atoms with van der Waals surface area (Å²) in [7, 11) is 0. The highest BCUT2D eigenvalue weighted by molar-refractivity contribution is 7.99. The van der Waals surface area contributed by atoms with E-state index in [1.165, 1.54) is 0 Å². The Kier molecular flexibility index (Phi) is 11.8. The van der Waals surface area contributed by atoms with Crippen molar-refractivity contribution in [1.29, 1.82) is 0 Å². The van der Waals surface area contributed by atoms with E-state index in [0.717, 1.165) is 44.2 Å². The fraction of sp³-hybridized carbons (Fsp3) is 0.306. The Labute approximate surface area is 267 Å². The van der Waals surface area contributed by atoms with Crippen molar-refractivity contribution < 1.29 is 29.3 Å². The molecule has 3 aromatic carbocycles. The number of ether oxygens (including phenoxy) is 2. The minimum absolute atomic E-state index is 0.00413. The van der Waals surface area contributed by atoms with Gasteiger partial charge in [-0.05, 0) is 64.9 Å². The summed E-state index contributed by atoms with van der Waals surface area (Å²) in [5, 5.41) is 22.2. The number of carbonyl (C=O) groups excluding carboxylic acids is 1. The van der Waals surface area contributed by atoms with E-state index in [-0.39, 0.29) is 31.1 Å². The quantitative estimate of drug-likeness (QED) is 0.103. The zero-order valence-corrected chi connectivity index (χ0v) is 25.8. The van der Waals surface area contributed by atoms with Crippen molar-refractivity contribution in [3.63, 3.8) is 0 Å². The number of rotatable bonds is 14.